The molecule has 0 saturated carbocycles. The van der Waals surface area contributed by atoms with Crippen LogP contribution in [0.15, 0.2) is 22.7 Å². The van der Waals surface area contributed by atoms with Gasteiger partial charge in [0, 0.05) is 4.47 Å². The highest BCUT2D eigenvalue weighted by Gasteiger charge is 2.04. The lowest BCUT2D eigenvalue weighted by Gasteiger charge is -2.10. The van der Waals surface area contributed by atoms with Crippen molar-refractivity contribution in [1.29, 1.82) is 0 Å². The predicted molar refractivity (Wildman–Crippen MR) is 65.6 cm³/mol. The average Bonchev–Trinajstić information content (AvgIpc) is 2.09. The van der Waals surface area contributed by atoms with Gasteiger partial charge in [-0.15, -0.1) is 0 Å². The molecule has 0 saturated heterocycles. The summed E-state index contributed by atoms with van der Waals surface area (Å²) in [4.78, 5) is 0. The van der Waals surface area contributed by atoms with Gasteiger partial charge in [-0.3, -0.25) is 0 Å². The Morgan fingerprint density at radius 3 is 2.69 bits per heavy atom. The summed E-state index contributed by atoms with van der Waals surface area (Å²) in [5.41, 5.74) is 2.68. The highest BCUT2D eigenvalue weighted by Crippen LogP contribution is 2.21. The molecule has 0 heterocycles. The van der Waals surface area contributed by atoms with Crippen LogP contribution in [0.5, 0.6) is 0 Å². The largest absolute Gasteiger partial charge is 0.179 e. The van der Waals surface area contributed by atoms with E-state index in [1.54, 1.807) is 0 Å². The Labute approximate surface area is 94.3 Å². The predicted octanol–water partition coefficient (Wildman–Crippen LogP) is 3.87. The minimum atomic E-state index is 0.641. The third-order valence-corrected chi connectivity index (χ3v) is 3.45. The van der Waals surface area contributed by atoms with Crippen LogP contribution in [0.25, 0.3) is 0 Å². The van der Waals surface area contributed by atoms with Crippen LogP contribution in [0.3, 0.4) is 0 Å². The first-order valence-corrected chi connectivity index (χ1v) is 5.92. The lowest BCUT2D eigenvalue weighted by atomic mass is 10.0. The molecule has 0 fully saturated rings. The Morgan fingerprint density at radius 2 is 2.15 bits per heavy atom. The molecule has 0 amide bonds. The molecule has 0 radical (unpaired) electrons. The van der Waals surface area contributed by atoms with Crippen molar-refractivity contribution in [3.63, 3.8) is 0 Å². The molecule has 1 unspecified atom stereocenters. The minimum absolute atomic E-state index is 0.641. The Kier molecular flexibility index (Phi) is 4.33. The SMILES string of the molecule is Cc1ccc(CC(C)CS)c(Br)c1. The van der Waals surface area contributed by atoms with Crippen LogP contribution in [-0.4, -0.2) is 5.75 Å². The van der Waals surface area contributed by atoms with Crippen LogP contribution in [0.2, 0.25) is 0 Å². The normalized spacial score (nSPS) is 12.9. The van der Waals surface area contributed by atoms with Crippen LogP contribution in [0.4, 0.5) is 0 Å². The smallest absolute Gasteiger partial charge is 0.0210 e. The maximum atomic E-state index is 4.28. The van der Waals surface area contributed by atoms with Crippen molar-refractivity contribution in [2.24, 2.45) is 5.92 Å². The van der Waals surface area contributed by atoms with Gasteiger partial charge in [0.2, 0.25) is 0 Å². The third kappa shape index (κ3) is 3.35. The number of hydrogen-bond donors (Lipinski definition) is 1. The quantitative estimate of drug-likeness (QED) is 0.783. The molecule has 0 aliphatic rings. The zero-order valence-electron chi connectivity index (χ0n) is 8.05. The molecule has 1 rings (SSSR count). The van der Waals surface area contributed by atoms with E-state index in [1.807, 2.05) is 0 Å². The van der Waals surface area contributed by atoms with E-state index in [4.69, 9.17) is 0 Å². The van der Waals surface area contributed by atoms with E-state index < -0.39 is 0 Å². The number of benzene rings is 1. The van der Waals surface area contributed by atoms with Gasteiger partial charge in [-0.1, -0.05) is 35.0 Å². The van der Waals surface area contributed by atoms with Crippen molar-refractivity contribution in [1.82, 2.24) is 0 Å². The summed E-state index contributed by atoms with van der Waals surface area (Å²) in [7, 11) is 0. The van der Waals surface area contributed by atoms with Crippen LogP contribution < -0.4 is 0 Å². The lowest BCUT2D eigenvalue weighted by molar-refractivity contribution is 0.658. The molecule has 13 heavy (non-hydrogen) atoms. The van der Waals surface area contributed by atoms with Crippen LogP contribution in [0, 0.1) is 12.8 Å². The molecule has 0 spiro atoms. The fourth-order valence-corrected chi connectivity index (χ4v) is 2.04. The molecule has 0 aliphatic carbocycles. The van der Waals surface area contributed by atoms with Crippen molar-refractivity contribution < 1.29 is 0 Å². The number of rotatable bonds is 3. The number of thiol groups is 1. The number of hydrogen-bond acceptors (Lipinski definition) is 1. The maximum Gasteiger partial charge on any atom is 0.0210 e. The monoisotopic (exact) mass is 258 g/mol. The molecule has 0 aliphatic heterocycles. The summed E-state index contributed by atoms with van der Waals surface area (Å²) in [6.07, 6.45) is 1.10. The van der Waals surface area contributed by atoms with Gasteiger partial charge in [0.25, 0.3) is 0 Å². The second-order valence-electron chi connectivity index (χ2n) is 3.59. The molecule has 2 heteroatoms. The fraction of sp³-hybridized carbons (Fsp3) is 0.455. The van der Waals surface area contributed by atoms with Gasteiger partial charge >= 0.3 is 0 Å². The van der Waals surface area contributed by atoms with E-state index in [2.05, 4.69) is 60.6 Å². The Balaban J connectivity index is 2.77. The first kappa shape index (κ1) is 11.1. The molecule has 0 nitrogen and oxygen atoms in total. The van der Waals surface area contributed by atoms with Gasteiger partial charge in [0.1, 0.15) is 0 Å². The zero-order chi connectivity index (χ0) is 9.84. The molecule has 1 atom stereocenters. The fourth-order valence-electron chi connectivity index (χ4n) is 1.26. The Bertz CT molecular complexity index is 283. The Hall–Kier alpha value is 0.0500. The first-order valence-electron chi connectivity index (χ1n) is 4.49. The highest BCUT2D eigenvalue weighted by atomic mass is 79.9. The molecule has 1 aromatic carbocycles. The van der Waals surface area contributed by atoms with E-state index in [0.29, 0.717) is 5.92 Å². The molecular formula is C11H15BrS. The summed E-state index contributed by atoms with van der Waals surface area (Å²) < 4.78 is 1.22. The summed E-state index contributed by atoms with van der Waals surface area (Å²) >= 11 is 7.86. The van der Waals surface area contributed by atoms with Gasteiger partial charge in [0.15, 0.2) is 0 Å². The zero-order valence-corrected chi connectivity index (χ0v) is 10.5. The van der Waals surface area contributed by atoms with Crippen LogP contribution in [0.1, 0.15) is 18.1 Å². The topological polar surface area (TPSA) is 0 Å². The third-order valence-electron chi connectivity index (χ3n) is 2.09. The van der Waals surface area contributed by atoms with E-state index in [9.17, 15) is 0 Å². The second-order valence-corrected chi connectivity index (χ2v) is 4.81. The first-order chi connectivity index (χ1) is 6.13. The van der Waals surface area contributed by atoms with Crippen molar-refractivity contribution in [2.45, 2.75) is 20.3 Å². The minimum Gasteiger partial charge on any atom is -0.179 e. The van der Waals surface area contributed by atoms with E-state index >= 15 is 0 Å². The summed E-state index contributed by atoms with van der Waals surface area (Å²) in [6.45, 7) is 4.33. The van der Waals surface area contributed by atoms with Crippen molar-refractivity contribution in [3.05, 3.63) is 33.8 Å². The van der Waals surface area contributed by atoms with Crippen molar-refractivity contribution >= 4 is 28.6 Å². The van der Waals surface area contributed by atoms with Gasteiger partial charge in [0.05, 0.1) is 0 Å². The summed E-state index contributed by atoms with van der Waals surface area (Å²) in [5.74, 6) is 1.59. The summed E-state index contributed by atoms with van der Waals surface area (Å²) in [6, 6.07) is 6.52. The van der Waals surface area contributed by atoms with Gasteiger partial charge in [-0.2, -0.15) is 12.6 Å². The average molecular weight is 259 g/mol. The maximum absolute atomic E-state index is 4.28. The molecular weight excluding hydrogens is 244 g/mol. The van der Waals surface area contributed by atoms with Crippen molar-refractivity contribution in [3.8, 4) is 0 Å². The number of halogens is 1. The van der Waals surface area contributed by atoms with E-state index in [0.717, 1.165) is 12.2 Å². The molecule has 72 valence electrons. The highest BCUT2D eigenvalue weighted by molar-refractivity contribution is 9.10. The van der Waals surface area contributed by atoms with Crippen LogP contribution >= 0.6 is 28.6 Å². The van der Waals surface area contributed by atoms with Gasteiger partial charge in [-0.05, 0) is 42.2 Å². The standard InChI is InChI=1S/C11H15BrS/c1-8-3-4-10(11(12)6-8)5-9(2)7-13/h3-4,6,9,13H,5,7H2,1-2H3. The van der Waals surface area contributed by atoms with E-state index in [-0.39, 0.29) is 0 Å². The lowest BCUT2D eigenvalue weighted by Crippen LogP contribution is -2.01. The van der Waals surface area contributed by atoms with E-state index in [1.165, 1.54) is 15.6 Å². The molecule has 0 N–H and O–H groups in total. The van der Waals surface area contributed by atoms with Gasteiger partial charge < -0.3 is 0 Å². The molecule has 0 aromatic heterocycles. The second kappa shape index (κ2) is 5.06. The Morgan fingerprint density at radius 1 is 1.46 bits per heavy atom. The van der Waals surface area contributed by atoms with Gasteiger partial charge in [-0.25, -0.2) is 0 Å². The molecule has 0 bridgehead atoms. The number of aryl methyl sites for hydroxylation is 1. The summed E-state index contributed by atoms with van der Waals surface area (Å²) in [5, 5.41) is 0. The van der Waals surface area contributed by atoms with Crippen LogP contribution in [-0.2, 0) is 6.42 Å². The van der Waals surface area contributed by atoms with Crippen molar-refractivity contribution in [2.75, 3.05) is 5.75 Å². The molecule has 1 aromatic rings.